The van der Waals surface area contributed by atoms with Crippen LogP contribution in [-0.2, 0) is 0 Å². The average molecular weight is 235 g/mol. The third-order valence-electron chi connectivity index (χ3n) is 2.79. The molecule has 18 heavy (non-hydrogen) atoms. The fourth-order valence-corrected chi connectivity index (χ4v) is 1.90. The second-order valence-electron chi connectivity index (χ2n) is 3.99. The van der Waals surface area contributed by atoms with Gasteiger partial charge in [0.2, 0.25) is 0 Å². The largest absolute Gasteiger partial charge is 0.239 e. The quantitative estimate of drug-likeness (QED) is 0.743. The van der Waals surface area contributed by atoms with Crippen molar-refractivity contribution in [3.8, 4) is 22.5 Å². The van der Waals surface area contributed by atoms with Gasteiger partial charge in [0.1, 0.15) is 0 Å². The average Bonchev–Trinajstić information content (AvgIpc) is 2.93. The van der Waals surface area contributed by atoms with Crippen LogP contribution in [0.5, 0.6) is 0 Å². The van der Waals surface area contributed by atoms with Crippen LogP contribution in [0.15, 0.2) is 48.5 Å². The summed E-state index contributed by atoms with van der Waals surface area (Å²) in [5.74, 6) is 0.671. The molecule has 3 aromatic rings. The van der Waals surface area contributed by atoms with Crippen molar-refractivity contribution in [2.75, 3.05) is 0 Å². The van der Waals surface area contributed by atoms with Gasteiger partial charge in [0.15, 0.2) is 5.82 Å². The molecule has 2 aromatic carbocycles. The number of hydrogen-bond donors (Lipinski definition) is 1. The van der Waals surface area contributed by atoms with Crippen molar-refractivity contribution >= 4 is 0 Å². The Morgan fingerprint density at radius 1 is 0.889 bits per heavy atom. The molecule has 3 rings (SSSR count). The highest BCUT2D eigenvalue weighted by Gasteiger charge is 2.09. The maximum atomic E-state index is 3.96. The van der Waals surface area contributed by atoms with E-state index in [0.717, 1.165) is 22.3 Å². The standard InChI is InChI=1S/C14H11N4/c1-10-6-8-11(9-7-10)12-4-2-3-5-13(12)14-15-17-18-16-14/h2-9H,1H2,(H,15,16,17,18). The lowest BCUT2D eigenvalue weighted by Crippen LogP contribution is -1.87. The zero-order valence-electron chi connectivity index (χ0n) is 9.67. The summed E-state index contributed by atoms with van der Waals surface area (Å²) in [4.78, 5) is 0. The Balaban J connectivity index is 2.15. The molecule has 1 aromatic heterocycles. The Morgan fingerprint density at radius 3 is 2.28 bits per heavy atom. The van der Waals surface area contributed by atoms with Crippen LogP contribution in [0.2, 0.25) is 0 Å². The molecule has 0 aliphatic rings. The van der Waals surface area contributed by atoms with E-state index in [0.29, 0.717) is 5.82 Å². The molecule has 0 aliphatic heterocycles. The first-order chi connectivity index (χ1) is 8.84. The third-order valence-corrected chi connectivity index (χ3v) is 2.79. The highest BCUT2D eigenvalue weighted by molar-refractivity contribution is 5.80. The van der Waals surface area contributed by atoms with Crippen molar-refractivity contribution < 1.29 is 0 Å². The van der Waals surface area contributed by atoms with Crippen LogP contribution in [0.3, 0.4) is 0 Å². The van der Waals surface area contributed by atoms with Crippen molar-refractivity contribution in [1.29, 1.82) is 0 Å². The Bertz CT molecular complexity index is 642. The minimum absolute atomic E-state index is 0.671. The third kappa shape index (κ3) is 1.88. The van der Waals surface area contributed by atoms with Crippen LogP contribution in [-0.4, -0.2) is 20.6 Å². The molecule has 0 saturated heterocycles. The van der Waals surface area contributed by atoms with Gasteiger partial charge in [-0.15, -0.1) is 5.10 Å². The molecular weight excluding hydrogens is 224 g/mol. The number of nitrogens with one attached hydrogen (secondary N) is 1. The van der Waals surface area contributed by atoms with Crippen molar-refractivity contribution in [2.24, 2.45) is 0 Å². The first-order valence-corrected chi connectivity index (χ1v) is 5.60. The number of rotatable bonds is 2. The molecule has 0 fully saturated rings. The molecule has 0 saturated carbocycles. The predicted octanol–water partition coefficient (Wildman–Crippen LogP) is 2.72. The first kappa shape index (κ1) is 10.7. The maximum Gasteiger partial charge on any atom is 0.180 e. The number of tetrazole rings is 1. The van der Waals surface area contributed by atoms with Crippen molar-refractivity contribution in [2.45, 2.75) is 0 Å². The van der Waals surface area contributed by atoms with E-state index in [4.69, 9.17) is 0 Å². The topological polar surface area (TPSA) is 54.5 Å². The van der Waals surface area contributed by atoms with Gasteiger partial charge in [-0.05, 0) is 34.0 Å². The molecule has 0 bridgehead atoms. The molecule has 0 atom stereocenters. The van der Waals surface area contributed by atoms with E-state index in [9.17, 15) is 0 Å². The normalized spacial score (nSPS) is 10.5. The van der Waals surface area contributed by atoms with E-state index in [1.54, 1.807) is 0 Å². The van der Waals surface area contributed by atoms with Gasteiger partial charge >= 0.3 is 0 Å². The van der Waals surface area contributed by atoms with Crippen LogP contribution in [0.1, 0.15) is 5.56 Å². The SMILES string of the molecule is [CH2]c1ccc(-c2ccccc2-c2nnn[nH]2)cc1. The smallest absolute Gasteiger partial charge is 0.180 e. The second kappa shape index (κ2) is 4.41. The summed E-state index contributed by atoms with van der Waals surface area (Å²) >= 11 is 0. The summed E-state index contributed by atoms with van der Waals surface area (Å²) < 4.78 is 0. The predicted molar refractivity (Wildman–Crippen MR) is 69.5 cm³/mol. The molecular formula is C14H11N4. The van der Waals surface area contributed by atoms with Crippen molar-refractivity contribution in [3.05, 3.63) is 61.0 Å². The highest BCUT2D eigenvalue weighted by atomic mass is 15.5. The molecule has 4 nitrogen and oxygen atoms in total. The molecule has 4 heteroatoms. The summed E-state index contributed by atoms with van der Waals surface area (Å²) in [6, 6.07) is 16.1. The fraction of sp³-hybridized carbons (Fsp3) is 0. The fourth-order valence-electron chi connectivity index (χ4n) is 1.90. The lowest BCUT2D eigenvalue weighted by Gasteiger charge is -2.07. The van der Waals surface area contributed by atoms with Gasteiger partial charge in [-0.2, -0.15) is 0 Å². The molecule has 0 aliphatic carbocycles. The van der Waals surface area contributed by atoms with E-state index in [-0.39, 0.29) is 0 Å². The van der Waals surface area contributed by atoms with E-state index < -0.39 is 0 Å². The lowest BCUT2D eigenvalue weighted by atomic mass is 9.98. The van der Waals surface area contributed by atoms with Gasteiger partial charge in [-0.1, -0.05) is 48.5 Å². The van der Waals surface area contributed by atoms with Crippen LogP contribution >= 0.6 is 0 Å². The minimum Gasteiger partial charge on any atom is -0.239 e. The Hall–Kier alpha value is -2.49. The molecule has 87 valence electrons. The van der Waals surface area contributed by atoms with Gasteiger partial charge in [0.05, 0.1) is 0 Å². The number of hydrogen-bond acceptors (Lipinski definition) is 3. The molecule has 0 spiro atoms. The highest BCUT2D eigenvalue weighted by Crippen LogP contribution is 2.29. The Kier molecular flexibility index (Phi) is 2.61. The second-order valence-corrected chi connectivity index (χ2v) is 3.99. The van der Waals surface area contributed by atoms with Crippen LogP contribution in [0, 0.1) is 6.92 Å². The first-order valence-electron chi connectivity index (χ1n) is 5.60. The van der Waals surface area contributed by atoms with E-state index in [2.05, 4.69) is 33.6 Å². The maximum absolute atomic E-state index is 3.96. The number of H-pyrrole nitrogens is 1. The Labute approximate surface area is 105 Å². The van der Waals surface area contributed by atoms with E-state index >= 15 is 0 Å². The van der Waals surface area contributed by atoms with Gasteiger partial charge in [-0.3, -0.25) is 0 Å². The molecule has 0 unspecified atom stereocenters. The summed E-state index contributed by atoms with van der Waals surface area (Å²) in [7, 11) is 0. The summed E-state index contributed by atoms with van der Waals surface area (Å²) in [5.41, 5.74) is 4.20. The van der Waals surface area contributed by atoms with Crippen molar-refractivity contribution in [1.82, 2.24) is 20.6 Å². The zero-order valence-corrected chi connectivity index (χ0v) is 9.67. The molecule has 1 heterocycles. The number of aromatic nitrogens is 4. The number of nitrogens with zero attached hydrogens (tertiary/aromatic N) is 3. The van der Waals surface area contributed by atoms with E-state index in [1.165, 1.54) is 0 Å². The van der Waals surface area contributed by atoms with Crippen LogP contribution in [0.4, 0.5) is 0 Å². The monoisotopic (exact) mass is 235 g/mol. The molecule has 1 N–H and O–H groups in total. The zero-order chi connectivity index (χ0) is 12.4. The minimum atomic E-state index is 0.671. The molecule has 1 radical (unpaired) electrons. The van der Waals surface area contributed by atoms with Crippen LogP contribution < -0.4 is 0 Å². The van der Waals surface area contributed by atoms with Gasteiger partial charge in [0.25, 0.3) is 0 Å². The van der Waals surface area contributed by atoms with Gasteiger partial charge in [-0.25, -0.2) is 5.10 Å². The number of aromatic amines is 1. The van der Waals surface area contributed by atoms with Crippen molar-refractivity contribution in [3.63, 3.8) is 0 Å². The summed E-state index contributed by atoms with van der Waals surface area (Å²) in [6.07, 6.45) is 0. The Morgan fingerprint density at radius 2 is 1.61 bits per heavy atom. The van der Waals surface area contributed by atoms with Crippen LogP contribution in [0.25, 0.3) is 22.5 Å². The molecule has 0 amide bonds. The summed E-state index contributed by atoms with van der Waals surface area (Å²) in [6.45, 7) is 3.89. The van der Waals surface area contributed by atoms with Gasteiger partial charge < -0.3 is 0 Å². The summed E-state index contributed by atoms with van der Waals surface area (Å²) in [5, 5.41) is 14.0. The van der Waals surface area contributed by atoms with E-state index in [1.807, 2.05) is 42.5 Å². The lowest BCUT2D eigenvalue weighted by molar-refractivity contribution is 0.881. The number of benzene rings is 2. The van der Waals surface area contributed by atoms with Gasteiger partial charge in [0, 0.05) is 5.56 Å².